The second-order valence-electron chi connectivity index (χ2n) is 7.49. The Morgan fingerprint density at radius 2 is 1.26 bits per heavy atom. The van der Waals surface area contributed by atoms with E-state index in [9.17, 15) is 9.59 Å². The van der Waals surface area contributed by atoms with Gasteiger partial charge >= 0.3 is 6.47 Å². The van der Waals surface area contributed by atoms with Gasteiger partial charge in [-0.2, -0.15) is 0 Å². The summed E-state index contributed by atoms with van der Waals surface area (Å²) in [5.74, 6) is 3.35. The lowest BCUT2D eigenvalue weighted by Crippen LogP contribution is -1.92. The Bertz CT molecular complexity index is 688. The van der Waals surface area contributed by atoms with E-state index in [1.807, 2.05) is 6.07 Å². The van der Waals surface area contributed by atoms with E-state index in [4.69, 9.17) is 8.83 Å². The van der Waals surface area contributed by atoms with E-state index in [2.05, 4.69) is 35.5 Å². The Labute approximate surface area is 186 Å². The molecule has 0 saturated heterocycles. The number of rotatable bonds is 17. The van der Waals surface area contributed by atoms with Gasteiger partial charge in [-0.1, -0.05) is 39.5 Å². The van der Waals surface area contributed by atoms with Gasteiger partial charge in [0.05, 0.1) is 6.61 Å². The van der Waals surface area contributed by atoms with Gasteiger partial charge in [-0.3, -0.25) is 9.59 Å². The molecule has 0 aliphatic carbocycles. The van der Waals surface area contributed by atoms with Crippen LogP contribution in [-0.2, 0) is 33.6 Å². The predicted molar refractivity (Wildman–Crippen MR) is 120 cm³/mol. The fraction of sp³-hybridized carbons (Fsp3) is 0.600. The van der Waals surface area contributed by atoms with Crippen molar-refractivity contribution in [3.63, 3.8) is 0 Å². The Hall–Kier alpha value is -2.50. The summed E-state index contributed by atoms with van der Waals surface area (Å²) in [6.45, 7) is 5.75. The molecule has 0 aliphatic heterocycles. The quantitative estimate of drug-likeness (QED) is 0.210. The lowest BCUT2D eigenvalue weighted by Gasteiger charge is -1.99. The van der Waals surface area contributed by atoms with Crippen molar-refractivity contribution in [1.29, 1.82) is 0 Å². The minimum atomic E-state index is 0.274. The number of hydrogen-bond donors (Lipinski definition) is 0. The molecular formula is C25H38O6. The van der Waals surface area contributed by atoms with Crippen LogP contribution < -0.4 is 4.74 Å². The summed E-state index contributed by atoms with van der Waals surface area (Å²) in [5.41, 5.74) is 0. The van der Waals surface area contributed by atoms with Crippen LogP contribution in [0.1, 0.15) is 88.9 Å². The van der Waals surface area contributed by atoms with Gasteiger partial charge in [0, 0.05) is 25.3 Å². The molecule has 6 heteroatoms. The molecule has 0 atom stereocenters. The smallest absolute Gasteiger partial charge is 0.300 e. The van der Waals surface area contributed by atoms with E-state index in [0.29, 0.717) is 19.6 Å². The first-order valence-electron chi connectivity index (χ1n) is 11.5. The maximum absolute atomic E-state index is 9.95. The van der Waals surface area contributed by atoms with E-state index in [1.165, 1.54) is 25.7 Å². The molecule has 0 unspecified atom stereocenters. The largest absolute Gasteiger partial charge is 0.468 e. The van der Waals surface area contributed by atoms with Gasteiger partial charge in [0.1, 0.15) is 17.3 Å². The summed E-state index contributed by atoms with van der Waals surface area (Å²) in [5, 5.41) is 0. The first-order valence-corrected chi connectivity index (χ1v) is 11.5. The van der Waals surface area contributed by atoms with Crippen LogP contribution in [0.15, 0.2) is 33.1 Å². The molecule has 174 valence electrons. The first-order chi connectivity index (χ1) is 15.2. The summed E-state index contributed by atoms with van der Waals surface area (Å²) >= 11 is 0. The highest BCUT2D eigenvalue weighted by Crippen LogP contribution is 2.17. The molecule has 0 aliphatic rings. The Morgan fingerprint density at radius 1 is 0.677 bits per heavy atom. The van der Waals surface area contributed by atoms with E-state index < -0.39 is 0 Å². The van der Waals surface area contributed by atoms with E-state index in [-0.39, 0.29) is 5.95 Å². The third-order valence-electron chi connectivity index (χ3n) is 4.83. The van der Waals surface area contributed by atoms with Crippen LogP contribution in [-0.4, -0.2) is 19.6 Å². The lowest BCUT2D eigenvalue weighted by molar-refractivity contribution is -0.128. The minimum absolute atomic E-state index is 0.274. The van der Waals surface area contributed by atoms with Crippen molar-refractivity contribution in [1.82, 2.24) is 0 Å². The average molecular weight is 435 g/mol. The van der Waals surface area contributed by atoms with Crippen LogP contribution in [0.2, 0.25) is 0 Å². The third kappa shape index (κ3) is 13.4. The molecule has 31 heavy (non-hydrogen) atoms. The van der Waals surface area contributed by atoms with Gasteiger partial charge in [0.25, 0.3) is 12.4 Å². The standard InChI is InChI=1S/C16H26O3.C9H12O3/c1-2-3-4-6-9-15-11-12-16(19-15)10-7-5-8-13-18-14-17;1-2-3-4-8-5-6-9(12-8)11-7-10/h11-12,14H,2-10,13H2,1H3;5-7H,2-4H2,1H3. The molecule has 0 N–H and O–H groups in total. The molecule has 2 heterocycles. The second-order valence-corrected chi connectivity index (χ2v) is 7.49. The summed E-state index contributed by atoms with van der Waals surface area (Å²) in [6.07, 6.45) is 13.4. The zero-order valence-electron chi connectivity index (χ0n) is 19.1. The van der Waals surface area contributed by atoms with Crippen molar-refractivity contribution in [3.8, 4) is 5.95 Å². The highest BCUT2D eigenvalue weighted by Gasteiger charge is 2.02. The number of ether oxygens (including phenoxy) is 2. The summed E-state index contributed by atoms with van der Waals surface area (Å²) in [4.78, 5) is 19.9. The molecule has 6 nitrogen and oxygen atoms in total. The zero-order valence-corrected chi connectivity index (χ0v) is 19.1. The molecule has 0 radical (unpaired) electrons. The van der Waals surface area contributed by atoms with Crippen LogP contribution in [0.5, 0.6) is 5.95 Å². The summed E-state index contributed by atoms with van der Waals surface area (Å²) < 4.78 is 20.1. The number of furan rings is 2. The van der Waals surface area contributed by atoms with Gasteiger partial charge in [-0.25, -0.2) is 0 Å². The van der Waals surface area contributed by atoms with E-state index >= 15 is 0 Å². The van der Waals surface area contributed by atoms with E-state index in [1.54, 1.807) is 6.07 Å². The van der Waals surface area contributed by atoms with Crippen molar-refractivity contribution in [3.05, 3.63) is 41.5 Å². The average Bonchev–Trinajstić information content (AvgIpc) is 3.42. The molecule has 2 rings (SSSR count). The number of carbonyl (C=O) groups excluding carboxylic acids is 2. The fourth-order valence-corrected chi connectivity index (χ4v) is 3.08. The Morgan fingerprint density at radius 3 is 1.87 bits per heavy atom. The maximum Gasteiger partial charge on any atom is 0.300 e. The fourth-order valence-electron chi connectivity index (χ4n) is 3.08. The van der Waals surface area contributed by atoms with Crippen LogP contribution >= 0.6 is 0 Å². The molecule has 0 aromatic carbocycles. The molecular weight excluding hydrogens is 396 g/mol. The Kier molecular flexibility index (Phi) is 15.7. The lowest BCUT2D eigenvalue weighted by atomic mass is 10.1. The highest BCUT2D eigenvalue weighted by molar-refractivity contribution is 5.42. The Balaban J connectivity index is 0.000000343. The van der Waals surface area contributed by atoms with Crippen molar-refractivity contribution in [2.75, 3.05) is 6.61 Å². The van der Waals surface area contributed by atoms with Crippen LogP contribution in [0, 0.1) is 0 Å². The topological polar surface area (TPSA) is 78.9 Å². The van der Waals surface area contributed by atoms with Crippen molar-refractivity contribution >= 4 is 12.9 Å². The molecule has 2 aromatic heterocycles. The minimum Gasteiger partial charge on any atom is -0.468 e. The summed E-state index contributed by atoms with van der Waals surface area (Å²) in [7, 11) is 0. The molecule has 0 fully saturated rings. The van der Waals surface area contributed by atoms with Gasteiger partial charge in [-0.15, -0.1) is 0 Å². The predicted octanol–water partition coefficient (Wildman–Crippen LogP) is 6.45. The highest BCUT2D eigenvalue weighted by atomic mass is 16.6. The van der Waals surface area contributed by atoms with E-state index in [0.717, 1.165) is 68.6 Å². The van der Waals surface area contributed by atoms with Crippen LogP contribution in [0.25, 0.3) is 0 Å². The second kappa shape index (κ2) is 18.3. The summed E-state index contributed by atoms with van der Waals surface area (Å²) in [6, 6.07) is 7.68. The normalized spacial score (nSPS) is 10.3. The molecule has 0 amide bonds. The van der Waals surface area contributed by atoms with Gasteiger partial charge < -0.3 is 18.3 Å². The number of carbonyl (C=O) groups is 2. The van der Waals surface area contributed by atoms with Crippen LogP contribution in [0.4, 0.5) is 0 Å². The molecule has 0 bridgehead atoms. The van der Waals surface area contributed by atoms with Crippen molar-refractivity contribution in [2.45, 2.75) is 90.9 Å². The van der Waals surface area contributed by atoms with Gasteiger partial charge in [-0.05, 0) is 50.3 Å². The number of aryl methyl sites for hydroxylation is 3. The zero-order chi connectivity index (χ0) is 22.6. The SMILES string of the molecule is CCCCCCc1ccc(CCCCCOC=O)o1.CCCCc1ccc(OC=O)o1. The first kappa shape index (κ1) is 26.5. The monoisotopic (exact) mass is 434 g/mol. The maximum atomic E-state index is 9.95. The number of unbranched alkanes of at least 4 members (excludes halogenated alkanes) is 6. The number of hydrogen-bond acceptors (Lipinski definition) is 6. The van der Waals surface area contributed by atoms with Gasteiger partial charge in [0.15, 0.2) is 0 Å². The molecule has 0 saturated carbocycles. The van der Waals surface area contributed by atoms with Gasteiger partial charge in [0.2, 0.25) is 0 Å². The van der Waals surface area contributed by atoms with Crippen molar-refractivity contribution in [2.24, 2.45) is 0 Å². The van der Waals surface area contributed by atoms with Crippen LogP contribution in [0.3, 0.4) is 0 Å². The molecule has 0 spiro atoms. The third-order valence-corrected chi connectivity index (χ3v) is 4.83. The van der Waals surface area contributed by atoms with Crippen molar-refractivity contribution < 1.29 is 27.9 Å². The molecule has 2 aromatic rings.